The molecule has 1 aliphatic rings. The molecule has 22 heavy (non-hydrogen) atoms. The third kappa shape index (κ3) is 1.96. The molecule has 0 bridgehead atoms. The summed E-state index contributed by atoms with van der Waals surface area (Å²) in [6.45, 7) is 8.10. The summed E-state index contributed by atoms with van der Waals surface area (Å²) >= 11 is 0. The fraction of sp³-hybridized carbons (Fsp3) is 0.600. The monoisotopic (exact) mass is 306 g/mol. The summed E-state index contributed by atoms with van der Waals surface area (Å²) in [5.41, 5.74) is 7.30. The molecular formula is C15H22N4O3. The summed E-state index contributed by atoms with van der Waals surface area (Å²) < 4.78 is 7.63. The summed E-state index contributed by atoms with van der Waals surface area (Å²) in [5, 5.41) is 13.8. The number of nitrogen functional groups attached to an aromatic ring is 1. The van der Waals surface area contributed by atoms with Crippen molar-refractivity contribution < 1.29 is 9.84 Å². The van der Waals surface area contributed by atoms with Crippen LogP contribution in [-0.2, 0) is 4.74 Å². The first-order valence-corrected chi connectivity index (χ1v) is 7.41. The molecule has 7 nitrogen and oxygen atoms in total. The van der Waals surface area contributed by atoms with E-state index >= 15 is 0 Å². The molecule has 120 valence electrons. The standard InChI is InChI=1S/C15H22N4O3/c1-7-5-9(19-11(7)13(21)17-14(16)18-19)12-15(3,4)8(2)10(6-20)22-12/h5,8,10,12,20H,6H2,1-4H3,(H3,16,17,18,21)/t8-,10-,12+/m1/s1. The summed E-state index contributed by atoms with van der Waals surface area (Å²) in [5.74, 6) is 0.240. The highest BCUT2D eigenvalue weighted by atomic mass is 16.5. The van der Waals surface area contributed by atoms with Gasteiger partial charge in [0.05, 0.1) is 18.4 Å². The molecule has 0 amide bonds. The van der Waals surface area contributed by atoms with Crippen molar-refractivity contribution in [3.05, 3.63) is 27.7 Å². The van der Waals surface area contributed by atoms with Crippen LogP contribution in [0.1, 0.15) is 38.1 Å². The average Bonchev–Trinajstić information content (AvgIpc) is 2.86. The summed E-state index contributed by atoms with van der Waals surface area (Å²) in [6.07, 6.45) is -0.500. The fourth-order valence-electron chi connectivity index (χ4n) is 3.36. The molecule has 0 unspecified atom stereocenters. The molecule has 2 aromatic rings. The second-order valence-electron chi connectivity index (χ2n) is 6.70. The zero-order valence-electron chi connectivity index (χ0n) is 13.3. The van der Waals surface area contributed by atoms with Crippen LogP contribution < -0.4 is 11.3 Å². The Kier molecular flexibility index (Phi) is 3.30. The molecule has 3 rings (SSSR count). The molecule has 4 N–H and O–H groups in total. The molecule has 1 fully saturated rings. The quantitative estimate of drug-likeness (QED) is 0.768. The molecule has 0 saturated carbocycles. The number of nitrogens with zero attached hydrogens (tertiary/aromatic N) is 2. The van der Waals surface area contributed by atoms with E-state index in [2.05, 4.69) is 30.9 Å². The number of H-pyrrole nitrogens is 1. The van der Waals surface area contributed by atoms with E-state index in [1.54, 1.807) is 4.52 Å². The highest BCUT2D eigenvalue weighted by Gasteiger charge is 2.49. The zero-order chi connectivity index (χ0) is 16.2. The number of nitrogens with two attached hydrogens (primary N) is 1. The number of aromatic nitrogens is 3. The van der Waals surface area contributed by atoms with Crippen LogP contribution in [-0.4, -0.2) is 32.4 Å². The van der Waals surface area contributed by atoms with Crippen molar-refractivity contribution in [3.63, 3.8) is 0 Å². The number of aliphatic hydroxyl groups is 1. The highest BCUT2D eigenvalue weighted by molar-refractivity contribution is 5.55. The smallest absolute Gasteiger partial charge is 0.276 e. The van der Waals surface area contributed by atoms with Crippen LogP contribution in [0.2, 0.25) is 0 Å². The first-order valence-electron chi connectivity index (χ1n) is 7.41. The summed E-state index contributed by atoms with van der Waals surface area (Å²) in [6, 6.07) is 1.91. The Labute approximate surface area is 128 Å². The van der Waals surface area contributed by atoms with Crippen LogP contribution in [0.15, 0.2) is 10.9 Å². The fourth-order valence-corrected chi connectivity index (χ4v) is 3.36. The SMILES string of the molecule is Cc1cc([C@@H]2O[C@H](CO)[C@@H](C)C2(C)C)n2nc(N)[nH]c(=O)c12. The first-order chi connectivity index (χ1) is 10.3. The third-order valence-electron chi connectivity index (χ3n) is 5.03. The summed E-state index contributed by atoms with van der Waals surface area (Å²) in [7, 11) is 0. The Bertz CT molecular complexity index is 777. The maximum Gasteiger partial charge on any atom is 0.276 e. The van der Waals surface area contributed by atoms with Crippen LogP contribution in [0.5, 0.6) is 0 Å². The number of aliphatic hydroxyl groups excluding tert-OH is 1. The van der Waals surface area contributed by atoms with Crippen LogP contribution in [0, 0.1) is 18.3 Å². The van der Waals surface area contributed by atoms with E-state index in [9.17, 15) is 9.90 Å². The predicted octanol–water partition coefficient (Wildman–Crippen LogP) is 1.01. The van der Waals surface area contributed by atoms with Gasteiger partial charge in [-0.2, -0.15) is 0 Å². The maximum atomic E-state index is 12.1. The van der Waals surface area contributed by atoms with Crippen molar-refractivity contribution >= 4 is 11.5 Å². The van der Waals surface area contributed by atoms with Gasteiger partial charge in [-0.05, 0) is 24.5 Å². The molecule has 0 radical (unpaired) electrons. The minimum atomic E-state index is -0.269. The van der Waals surface area contributed by atoms with Crippen molar-refractivity contribution in [2.45, 2.75) is 39.9 Å². The van der Waals surface area contributed by atoms with Gasteiger partial charge in [0.15, 0.2) is 0 Å². The first kappa shape index (κ1) is 15.1. The Hall–Kier alpha value is -1.86. The Morgan fingerprint density at radius 2 is 2.23 bits per heavy atom. The normalized spacial score (nSPS) is 27.6. The van der Waals surface area contributed by atoms with Gasteiger partial charge in [-0.3, -0.25) is 9.78 Å². The van der Waals surface area contributed by atoms with Gasteiger partial charge < -0.3 is 15.6 Å². The molecule has 7 heteroatoms. The molecule has 3 heterocycles. The van der Waals surface area contributed by atoms with E-state index in [1.807, 2.05) is 13.0 Å². The van der Waals surface area contributed by atoms with E-state index in [4.69, 9.17) is 10.5 Å². The van der Waals surface area contributed by atoms with Gasteiger partial charge in [0, 0.05) is 5.41 Å². The minimum Gasteiger partial charge on any atom is -0.394 e. The van der Waals surface area contributed by atoms with Gasteiger partial charge in [-0.15, -0.1) is 5.10 Å². The molecule has 1 aliphatic heterocycles. The zero-order valence-corrected chi connectivity index (χ0v) is 13.3. The Morgan fingerprint density at radius 1 is 1.55 bits per heavy atom. The molecule has 1 saturated heterocycles. The molecule has 3 atom stereocenters. The van der Waals surface area contributed by atoms with Crippen LogP contribution in [0.4, 0.5) is 5.95 Å². The van der Waals surface area contributed by atoms with Crippen LogP contribution in [0.3, 0.4) is 0 Å². The number of nitrogens with one attached hydrogen (secondary N) is 1. The van der Waals surface area contributed by atoms with E-state index in [0.29, 0.717) is 5.52 Å². The van der Waals surface area contributed by atoms with Crippen molar-refractivity contribution in [1.82, 2.24) is 14.6 Å². The van der Waals surface area contributed by atoms with E-state index < -0.39 is 0 Å². The van der Waals surface area contributed by atoms with Crippen LogP contribution in [0.25, 0.3) is 5.52 Å². The van der Waals surface area contributed by atoms with Gasteiger partial charge in [-0.25, -0.2) is 4.52 Å². The largest absolute Gasteiger partial charge is 0.394 e. The summed E-state index contributed by atoms with van der Waals surface area (Å²) in [4.78, 5) is 14.6. The lowest BCUT2D eigenvalue weighted by Gasteiger charge is -2.28. The molecule has 0 aromatic carbocycles. The molecule has 0 spiro atoms. The topological polar surface area (TPSA) is 106 Å². The van der Waals surface area contributed by atoms with E-state index in [1.165, 1.54) is 0 Å². The van der Waals surface area contributed by atoms with E-state index in [-0.39, 0.29) is 41.7 Å². The Morgan fingerprint density at radius 3 is 2.82 bits per heavy atom. The van der Waals surface area contributed by atoms with Gasteiger partial charge in [0.1, 0.15) is 11.6 Å². The second-order valence-corrected chi connectivity index (χ2v) is 6.70. The minimum absolute atomic E-state index is 0.0282. The number of hydrogen-bond donors (Lipinski definition) is 3. The molecular weight excluding hydrogens is 284 g/mol. The lowest BCUT2D eigenvalue weighted by molar-refractivity contribution is -0.0116. The third-order valence-corrected chi connectivity index (χ3v) is 5.03. The highest BCUT2D eigenvalue weighted by Crippen LogP contribution is 2.51. The van der Waals surface area contributed by atoms with Crippen molar-refractivity contribution in [2.24, 2.45) is 11.3 Å². The van der Waals surface area contributed by atoms with Crippen molar-refractivity contribution in [1.29, 1.82) is 0 Å². The van der Waals surface area contributed by atoms with Crippen LogP contribution >= 0.6 is 0 Å². The van der Waals surface area contributed by atoms with Crippen molar-refractivity contribution in [3.8, 4) is 0 Å². The molecule has 0 aliphatic carbocycles. The number of rotatable bonds is 2. The number of ether oxygens (including phenoxy) is 1. The molecule has 2 aromatic heterocycles. The Balaban J connectivity index is 2.21. The van der Waals surface area contributed by atoms with Gasteiger partial charge in [-0.1, -0.05) is 20.8 Å². The van der Waals surface area contributed by atoms with Crippen molar-refractivity contribution in [2.75, 3.05) is 12.3 Å². The number of fused-ring (bicyclic) bond motifs is 1. The van der Waals surface area contributed by atoms with E-state index in [0.717, 1.165) is 11.3 Å². The van der Waals surface area contributed by atoms with Gasteiger partial charge in [0.25, 0.3) is 5.56 Å². The number of hydrogen-bond acceptors (Lipinski definition) is 5. The number of anilines is 1. The van der Waals surface area contributed by atoms with Gasteiger partial charge >= 0.3 is 0 Å². The average molecular weight is 306 g/mol. The predicted molar refractivity (Wildman–Crippen MR) is 82.6 cm³/mol. The lowest BCUT2D eigenvalue weighted by atomic mass is 9.75. The second kappa shape index (κ2) is 4.82. The number of aryl methyl sites for hydroxylation is 1. The van der Waals surface area contributed by atoms with Gasteiger partial charge in [0.2, 0.25) is 5.95 Å². The lowest BCUT2D eigenvalue weighted by Crippen LogP contribution is -2.27. The maximum absolute atomic E-state index is 12.1. The number of aromatic amines is 1.